The van der Waals surface area contributed by atoms with Gasteiger partial charge in [-0.25, -0.2) is 18.4 Å². The molecular formula is C27H30N4O6S. The Balaban J connectivity index is 1.41. The zero-order valence-corrected chi connectivity index (χ0v) is 22.3. The van der Waals surface area contributed by atoms with Crippen LogP contribution in [0.3, 0.4) is 0 Å². The van der Waals surface area contributed by atoms with Crippen molar-refractivity contribution in [2.45, 2.75) is 55.5 Å². The lowest BCUT2D eigenvalue weighted by Crippen LogP contribution is -2.40. The second kappa shape index (κ2) is 9.88. The normalized spacial score (nSPS) is 20.4. The van der Waals surface area contributed by atoms with E-state index in [0.29, 0.717) is 24.8 Å². The summed E-state index contributed by atoms with van der Waals surface area (Å²) in [5.74, 6) is 0.503. The standard InChI is InChI=1S/C27H30N4O6S/c1-17-13-27(2,3)31(14-17)26-24(25(28)32)20(11-12-29-26)38(33,34)22-10-6-9-21(30-22)35-16-23-36-15-18-7-4-5-8-19(18)37-23/h4-12,17,23H,13-16H2,1-3H3,(H2,28,32). The number of fused-ring (bicyclic) bond motifs is 1. The van der Waals surface area contributed by atoms with Crippen molar-refractivity contribution in [3.63, 3.8) is 0 Å². The number of sulfone groups is 1. The molecule has 2 atom stereocenters. The van der Waals surface area contributed by atoms with Crippen LogP contribution in [0.5, 0.6) is 11.6 Å². The molecule has 1 aromatic carbocycles. The monoisotopic (exact) mass is 538 g/mol. The van der Waals surface area contributed by atoms with Gasteiger partial charge in [0.05, 0.1) is 11.5 Å². The Morgan fingerprint density at radius 2 is 1.97 bits per heavy atom. The third-order valence-corrected chi connectivity index (χ3v) is 8.45. The molecule has 1 amide bonds. The van der Waals surface area contributed by atoms with E-state index in [1.54, 1.807) is 0 Å². The number of pyridine rings is 2. The molecule has 3 aromatic rings. The molecule has 2 aliphatic rings. The molecule has 5 rings (SSSR count). The van der Waals surface area contributed by atoms with Crippen molar-refractivity contribution in [1.82, 2.24) is 9.97 Å². The summed E-state index contributed by atoms with van der Waals surface area (Å²) < 4.78 is 44.6. The fourth-order valence-corrected chi connectivity index (χ4v) is 6.52. The second-order valence-electron chi connectivity index (χ2n) is 10.2. The first-order valence-corrected chi connectivity index (χ1v) is 13.8. The molecule has 0 bridgehead atoms. The number of aromatic nitrogens is 2. The summed E-state index contributed by atoms with van der Waals surface area (Å²) in [5, 5.41) is -0.278. The summed E-state index contributed by atoms with van der Waals surface area (Å²) in [6.07, 6.45) is 1.57. The summed E-state index contributed by atoms with van der Waals surface area (Å²) in [5.41, 5.74) is 6.19. The molecular weight excluding hydrogens is 508 g/mol. The number of nitrogens with two attached hydrogens (primary N) is 1. The molecule has 0 radical (unpaired) electrons. The number of hydrogen-bond acceptors (Lipinski definition) is 9. The third kappa shape index (κ3) is 4.91. The molecule has 2 aliphatic heterocycles. The highest BCUT2D eigenvalue weighted by Gasteiger charge is 2.40. The molecule has 2 N–H and O–H groups in total. The van der Waals surface area contributed by atoms with Crippen LogP contribution in [0.4, 0.5) is 5.82 Å². The van der Waals surface area contributed by atoms with Crippen LogP contribution < -0.4 is 20.1 Å². The summed E-state index contributed by atoms with van der Waals surface area (Å²) >= 11 is 0. The molecule has 0 aliphatic carbocycles. The quantitative estimate of drug-likeness (QED) is 0.481. The average molecular weight is 539 g/mol. The average Bonchev–Trinajstić information content (AvgIpc) is 3.18. The number of hydrogen-bond donors (Lipinski definition) is 1. The van der Waals surface area contributed by atoms with E-state index in [1.807, 2.05) is 43.0 Å². The largest absolute Gasteiger partial charge is 0.471 e. The van der Waals surface area contributed by atoms with Gasteiger partial charge in [-0.05, 0) is 44.4 Å². The number of anilines is 1. The number of nitrogens with zero attached hydrogens (tertiary/aromatic N) is 3. The van der Waals surface area contributed by atoms with E-state index >= 15 is 0 Å². The lowest BCUT2D eigenvalue weighted by atomic mass is 9.97. The highest BCUT2D eigenvalue weighted by Crippen LogP contribution is 2.39. The van der Waals surface area contributed by atoms with Crippen LogP contribution in [0.25, 0.3) is 0 Å². The van der Waals surface area contributed by atoms with Gasteiger partial charge < -0.3 is 24.8 Å². The molecule has 10 nitrogen and oxygen atoms in total. The molecule has 200 valence electrons. The van der Waals surface area contributed by atoms with Crippen molar-refractivity contribution in [3.8, 4) is 11.6 Å². The number of benzene rings is 1. The first-order valence-electron chi connectivity index (χ1n) is 12.3. The minimum absolute atomic E-state index is 0.000989. The van der Waals surface area contributed by atoms with E-state index in [0.717, 1.165) is 12.0 Å². The fourth-order valence-electron chi connectivity index (χ4n) is 5.12. The molecule has 0 spiro atoms. The summed E-state index contributed by atoms with van der Waals surface area (Å²) in [7, 11) is -4.24. The molecule has 38 heavy (non-hydrogen) atoms. The number of para-hydroxylation sites is 1. The van der Waals surface area contributed by atoms with E-state index in [9.17, 15) is 13.2 Å². The summed E-state index contributed by atoms with van der Waals surface area (Å²) in [6.45, 7) is 7.17. The van der Waals surface area contributed by atoms with Crippen molar-refractivity contribution in [3.05, 3.63) is 65.9 Å². The SMILES string of the molecule is CC1CN(c2nccc(S(=O)(=O)c3cccc(OCC4OCc5ccccc5O4)n3)c2C(N)=O)C(C)(C)C1. The van der Waals surface area contributed by atoms with Crippen LogP contribution in [0.2, 0.25) is 0 Å². The highest BCUT2D eigenvalue weighted by atomic mass is 32.2. The smallest absolute Gasteiger partial charge is 0.253 e. The van der Waals surface area contributed by atoms with Gasteiger partial charge in [0.2, 0.25) is 22.0 Å². The van der Waals surface area contributed by atoms with Gasteiger partial charge in [-0.1, -0.05) is 31.2 Å². The zero-order chi connectivity index (χ0) is 27.1. The van der Waals surface area contributed by atoms with E-state index < -0.39 is 22.0 Å². The van der Waals surface area contributed by atoms with Crippen LogP contribution in [0.15, 0.2) is 64.6 Å². The number of primary amides is 1. The van der Waals surface area contributed by atoms with Gasteiger partial charge in [-0.3, -0.25) is 4.79 Å². The maximum atomic E-state index is 13.7. The van der Waals surface area contributed by atoms with Crippen molar-refractivity contribution in [2.75, 3.05) is 18.1 Å². The molecule has 1 saturated heterocycles. The van der Waals surface area contributed by atoms with Crippen molar-refractivity contribution >= 4 is 21.6 Å². The predicted molar refractivity (Wildman–Crippen MR) is 139 cm³/mol. The van der Waals surface area contributed by atoms with Crippen molar-refractivity contribution in [2.24, 2.45) is 11.7 Å². The lowest BCUT2D eigenvalue weighted by Gasteiger charge is -2.33. The van der Waals surface area contributed by atoms with Crippen LogP contribution in [-0.2, 0) is 21.2 Å². The minimum atomic E-state index is -4.24. The Bertz CT molecular complexity index is 1480. The van der Waals surface area contributed by atoms with Gasteiger partial charge in [-0.2, -0.15) is 0 Å². The predicted octanol–water partition coefficient (Wildman–Crippen LogP) is 3.35. The fraction of sp³-hybridized carbons (Fsp3) is 0.370. The molecule has 4 heterocycles. The van der Waals surface area contributed by atoms with Gasteiger partial charge >= 0.3 is 0 Å². The molecule has 1 fully saturated rings. The second-order valence-corrected chi connectivity index (χ2v) is 12.1. The van der Waals surface area contributed by atoms with Gasteiger partial charge in [0, 0.05) is 29.9 Å². The van der Waals surface area contributed by atoms with Crippen molar-refractivity contribution in [1.29, 1.82) is 0 Å². The van der Waals surface area contributed by atoms with Crippen molar-refractivity contribution < 1.29 is 27.4 Å². The molecule has 2 aromatic heterocycles. The first-order chi connectivity index (χ1) is 18.1. The number of carbonyl (C=O) groups excluding carboxylic acids is 1. The number of amides is 1. The Morgan fingerprint density at radius 3 is 2.71 bits per heavy atom. The van der Waals surface area contributed by atoms with E-state index in [1.165, 1.54) is 30.5 Å². The highest BCUT2D eigenvalue weighted by molar-refractivity contribution is 7.91. The summed E-state index contributed by atoms with van der Waals surface area (Å²) in [6, 6.07) is 13.2. The van der Waals surface area contributed by atoms with E-state index in [2.05, 4.69) is 16.9 Å². The van der Waals surface area contributed by atoms with Crippen LogP contribution in [0.1, 0.15) is 43.1 Å². The van der Waals surface area contributed by atoms with Gasteiger partial charge in [0.15, 0.2) is 11.6 Å². The van der Waals surface area contributed by atoms with Gasteiger partial charge in [0.1, 0.15) is 17.1 Å². The maximum Gasteiger partial charge on any atom is 0.253 e. The Labute approximate surface area is 221 Å². The number of carbonyl (C=O) groups is 1. The number of rotatable bonds is 7. The van der Waals surface area contributed by atoms with E-state index in [4.69, 9.17) is 19.9 Å². The number of ether oxygens (including phenoxy) is 3. The van der Waals surface area contributed by atoms with E-state index in [-0.39, 0.29) is 39.3 Å². The lowest BCUT2D eigenvalue weighted by molar-refractivity contribution is -0.126. The zero-order valence-electron chi connectivity index (χ0n) is 21.5. The van der Waals surface area contributed by atoms with Gasteiger partial charge in [0.25, 0.3) is 5.91 Å². The minimum Gasteiger partial charge on any atom is -0.471 e. The van der Waals surface area contributed by atoms with Crippen LogP contribution in [0, 0.1) is 5.92 Å². The Kier molecular flexibility index (Phi) is 6.74. The first kappa shape index (κ1) is 25.9. The Hall–Kier alpha value is -3.70. The Morgan fingerprint density at radius 1 is 1.18 bits per heavy atom. The topological polar surface area (TPSA) is 134 Å². The molecule has 0 saturated carbocycles. The van der Waals surface area contributed by atoms with Crippen LogP contribution >= 0.6 is 0 Å². The molecule has 11 heteroatoms. The molecule has 2 unspecified atom stereocenters. The van der Waals surface area contributed by atoms with Gasteiger partial charge in [-0.15, -0.1) is 0 Å². The third-order valence-electron chi connectivity index (χ3n) is 6.75. The van der Waals surface area contributed by atoms with Crippen LogP contribution in [-0.4, -0.2) is 49.3 Å². The maximum absolute atomic E-state index is 13.7. The summed E-state index contributed by atoms with van der Waals surface area (Å²) in [4.78, 5) is 22.9.